The Balaban J connectivity index is 1.45. The first kappa shape index (κ1) is 21.7. The van der Waals surface area contributed by atoms with Crippen LogP contribution in [0.5, 0.6) is 0 Å². The number of ether oxygens (including phenoxy) is 1. The molecule has 2 aliphatic rings. The van der Waals surface area contributed by atoms with Gasteiger partial charge in [-0.2, -0.15) is 0 Å². The van der Waals surface area contributed by atoms with Gasteiger partial charge in [0.05, 0.1) is 12.3 Å². The van der Waals surface area contributed by atoms with Gasteiger partial charge in [-0.15, -0.1) is 0 Å². The van der Waals surface area contributed by atoms with Gasteiger partial charge < -0.3 is 15.0 Å². The number of carbonyl (C=O) groups excluding carboxylic acids is 1. The van der Waals surface area contributed by atoms with Crippen molar-refractivity contribution in [3.63, 3.8) is 0 Å². The third kappa shape index (κ3) is 5.58. The Morgan fingerprint density at radius 2 is 1.90 bits per heavy atom. The van der Waals surface area contributed by atoms with Crippen molar-refractivity contribution in [2.24, 2.45) is 5.92 Å². The molecule has 0 radical (unpaired) electrons. The SMILES string of the molecule is COCCC(=O)NCC1CCC(c2nc(N3CCCC3)ncc2-c2ccncc2)CC1. The van der Waals surface area contributed by atoms with Gasteiger partial charge in [-0.25, -0.2) is 9.97 Å². The standard InChI is InChI=1S/C24H33N5O2/c1-31-15-10-22(30)26-16-18-4-6-20(7-5-18)23-21(19-8-11-25-12-9-19)17-27-24(28-23)29-13-2-3-14-29/h8-9,11-12,17-18,20H,2-7,10,13-16H2,1H3,(H,26,30). The van der Waals surface area contributed by atoms with Gasteiger partial charge in [0.15, 0.2) is 0 Å². The third-order valence-electron chi connectivity index (χ3n) is 6.54. The molecule has 1 amide bonds. The maximum Gasteiger partial charge on any atom is 0.225 e. The fourth-order valence-electron chi connectivity index (χ4n) is 4.70. The second-order valence-electron chi connectivity index (χ2n) is 8.66. The van der Waals surface area contributed by atoms with Gasteiger partial charge in [0, 0.05) is 63.2 Å². The van der Waals surface area contributed by atoms with E-state index in [4.69, 9.17) is 14.7 Å². The maximum atomic E-state index is 11.9. The Morgan fingerprint density at radius 1 is 1.16 bits per heavy atom. The van der Waals surface area contributed by atoms with E-state index in [1.54, 1.807) is 7.11 Å². The van der Waals surface area contributed by atoms with Crippen LogP contribution in [0.15, 0.2) is 30.7 Å². The number of carbonyl (C=O) groups is 1. The van der Waals surface area contributed by atoms with Crippen molar-refractivity contribution in [1.29, 1.82) is 0 Å². The zero-order chi connectivity index (χ0) is 21.5. The van der Waals surface area contributed by atoms with Crippen molar-refractivity contribution in [2.75, 3.05) is 38.3 Å². The second kappa shape index (κ2) is 10.7. The first-order chi connectivity index (χ1) is 15.2. The summed E-state index contributed by atoms with van der Waals surface area (Å²) in [6.07, 6.45) is 12.9. The third-order valence-corrected chi connectivity index (χ3v) is 6.54. The van der Waals surface area contributed by atoms with Gasteiger partial charge >= 0.3 is 0 Å². The zero-order valence-corrected chi connectivity index (χ0v) is 18.4. The Bertz CT molecular complexity index is 846. The van der Waals surface area contributed by atoms with Crippen LogP contribution < -0.4 is 10.2 Å². The summed E-state index contributed by atoms with van der Waals surface area (Å²) in [5.41, 5.74) is 3.43. The Kier molecular flexibility index (Phi) is 7.46. The Labute approximate surface area is 184 Å². The van der Waals surface area contributed by atoms with Crippen LogP contribution in [0.3, 0.4) is 0 Å². The normalized spacial score (nSPS) is 21.3. The fraction of sp³-hybridized carbons (Fsp3) is 0.583. The van der Waals surface area contributed by atoms with E-state index in [1.807, 2.05) is 30.7 Å². The summed E-state index contributed by atoms with van der Waals surface area (Å²) in [5, 5.41) is 3.07. The minimum atomic E-state index is 0.0787. The van der Waals surface area contributed by atoms with Crippen LogP contribution >= 0.6 is 0 Å². The summed E-state index contributed by atoms with van der Waals surface area (Å²) in [7, 11) is 1.62. The summed E-state index contributed by atoms with van der Waals surface area (Å²) in [4.78, 5) is 28.2. The average molecular weight is 424 g/mol. The van der Waals surface area contributed by atoms with E-state index >= 15 is 0 Å². The van der Waals surface area contributed by atoms with Gasteiger partial charge in [0.2, 0.25) is 11.9 Å². The minimum Gasteiger partial charge on any atom is -0.384 e. The van der Waals surface area contributed by atoms with Crippen LogP contribution in [0, 0.1) is 5.92 Å². The van der Waals surface area contributed by atoms with E-state index in [9.17, 15) is 4.79 Å². The van der Waals surface area contributed by atoms with Crippen LogP contribution in [-0.4, -0.2) is 54.2 Å². The van der Waals surface area contributed by atoms with Crippen molar-refractivity contribution in [2.45, 2.75) is 50.9 Å². The van der Waals surface area contributed by atoms with Crippen LogP contribution in [0.4, 0.5) is 5.95 Å². The average Bonchev–Trinajstić information content (AvgIpc) is 3.37. The number of pyridine rings is 1. The summed E-state index contributed by atoms with van der Waals surface area (Å²) in [6.45, 7) is 3.33. The number of hydrogen-bond acceptors (Lipinski definition) is 6. The van der Waals surface area contributed by atoms with E-state index in [0.29, 0.717) is 24.9 Å². The number of hydrogen-bond donors (Lipinski definition) is 1. The minimum absolute atomic E-state index is 0.0787. The first-order valence-electron chi connectivity index (χ1n) is 11.5. The largest absolute Gasteiger partial charge is 0.384 e. The monoisotopic (exact) mass is 423 g/mol. The molecule has 3 heterocycles. The van der Waals surface area contributed by atoms with Crippen LogP contribution in [0.1, 0.15) is 56.6 Å². The molecule has 1 N–H and O–H groups in total. The number of nitrogens with zero attached hydrogens (tertiary/aromatic N) is 4. The summed E-state index contributed by atoms with van der Waals surface area (Å²) in [5.74, 6) is 1.91. The molecule has 7 nitrogen and oxygen atoms in total. The van der Waals surface area contributed by atoms with Gasteiger partial charge in [0.1, 0.15) is 0 Å². The lowest BCUT2D eigenvalue weighted by atomic mass is 9.79. The quantitative estimate of drug-likeness (QED) is 0.699. The molecule has 2 aromatic rings. The molecule has 0 unspecified atom stereocenters. The van der Waals surface area contributed by atoms with Crippen molar-refractivity contribution < 1.29 is 9.53 Å². The number of nitrogens with one attached hydrogen (secondary N) is 1. The molecule has 0 aromatic carbocycles. The van der Waals surface area contributed by atoms with E-state index in [0.717, 1.165) is 62.4 Å². The number of rotatable bonds is 8. The first-order valence-corrected chi connectivity index (χ1v) is 11.5. The molecule has 1 saturated heterocycles. The van der Waals surface area contributed by atoms with E-state index < -0.39 is 0 Å². The molecule has 1 saturated carbocycles. The highest BCUT2D eigenvalue weighted by Gasteiger charge is 2.27. The lowest BCUT2D eigenvalue weighted by Crippen LogP contribution is -2.31. The molecule has 0 spiro atoms. The molecule has 2 fully saturated rings. The molecule has 4 rings (SSSR count). The predicted molar refractivity (Wildman–Crippen MR) is 121 cm³/mol. The molecular weight excluding hydrogens is 390 g/mol. The van der Waals surface area contributed by atoms with E-state index in [-0.39, 0.29) is 5.91 Å². The van der Waals surface area contributed by atoms with Crippen molar-refractivity contribution in [3.8, 4) is 11.1 Å². The van der Waals surface area contributed by atoms with E-state index in [2.05, 4.69) is 15.2 Å². The van der Waals surface area contributed by atoms with Crippen LogP contribution in [0.2, 0.25) is 0 Å². The number of methoxy groups -OCH3 is 1. The molecule has 166 valence electrons. The maximum absolute atomic E-state index is 11.9. The van der Waals surface area contributed by atoms with Crippen molar-refractivity contribution in [1.82, 2.24) is 20.3 Å². The van der Waals surface area contributed by atoms with Gasteiger partial charge in [-0.05, 0) is 62.1 Å². The summed E-state index contributed by atoms with van der Waals surface area (Å²) < 4.78 is 4.98. The molecule has 31 heavy (non-hydrogen) atoms. The lowest BCUT2D eigenvalue weighted by Gasteiger charge is -2.30. The molecule has 1 aliphatic heterocycles. The number of anilines is 1. The lowest BCUT2D eigenvalue weighted by molar-refractivity contribution is -0.122. The second-order valence-corrected chi connectivity index (χ2v) is 8.66. The molecule has 7 heteroatoms. The molecule has 0 bridgehead atoms. The predicted octanol–water partition coefficient (Wildman–Crippen LogP) is 3.57. The highest BCUT2D eigenvalue weighted by atomic mass is 16.5. The molecular formula is C24H33N5O2. The Morgan fingerprint density at radius 3 is 2.61 bits per heavy atom. The van der Waals surface area contributed by atoms with Gasteiger partial charge in [0.25, 0.3) is 0 Å². The Hall–Kier alpha value is -2.54. The summed E-state index contributed by atoms with van der Waals surface area (Å²) in [6, 6.07) is 4.08. The summed E-state index contributed by atoms with van der Waals surface area (Å²) >= 11 is 0. The highest BCUT2D eigenvalue weighted by molar-refractivity contribution is 5.75. The molecule has 0 atom stereocenters. The zero-order valence-electron chi connectivity index (χ0n) is 18.4. The molecule has 2 aromatic heterocycles. The van der Waals surface area contributed by atoms with Crippen LogP contribution in [0.25, 0.3) is 11.1 Å². The van der Waals surface area contributed by atoms with Crippen LogP contribution in [-0.2, 0) is 9.53 Å². The highest BCUT2D eigenvalue weighted by Crippen LogP contribution is 2.39. The number of amides is 1. The van der Waals surface area contributed by atoms with Gasteiger partial charge in [-0.1, -0.05) is 0 Å². The smallest absolute Gasteiger partial charge is 0.225 e. The fourth-order valence-corrected chi connectivity index (χ4v) is 4.70. The number of aromatic nitrogens is 3. The van der Waals surface area contributed by atoms with Gasteiger partial charge in [-0.3, -0.25) is 9.78 Å². The van der Waals surface area contributed by atoms with Crippen molar-refractivity contribution >= 4 is 11.9 Å². The topological polar surface area (TPSA) is 80.2 Å². The molecule has 1 aliphatic carbocycles. The van der Waals surface area contributed by atoms with Crippen molar-refractivity contribution in [3.05, 3.63) is 36.4 Å². The van der Waals surface area contributed by atoms with E-state index in [1.165, 1.54) is 18.5 Å².